The summed E-state index contributed by atoms with van der Waals surface area (Å²) >= 11 is 8.56. The topological polar surface area (TPSA) is 23.6 Å². The first-order valence-corrected chi connectivity index (χ1v) is 13.3. The molecule has 1 amide bonds. The van der Waals surface area contributed by atoms with Crippen molar-refractivity contribution in [3.05, 3.63) is 100 Å². The Bertz CT molecular complexity index is 1380. The Balaban J connectivity index is 1.64. The van der Waals surface area contributed by atoms with Crippen LogP contribution in [0.2, 0.25) is 0 Å². The zero-order chi connectivity index (χ0) is 23.7. The summed E-state index contributed by atoms with van der Waals surface area (Å²) in [6, 6.07) is 23.3. The number of thiocarbonyl (C=S) groups is 1. The van der Waals surface area contributed by atoms with E-state index in [1.807, 2.05) is 13.0 Å². The lowest BCUT2D eigenvalue weighted by atomic mass is 9.97. The van der Waals surface area contributed by atoms with Crippen molar-refractivity contribution < 1.29 is 4.79 Å². The van der Waals surface area contributed by atoms with E-state index in [1.54, 1.807) is 16.7 Å². The number of hydrogen-bond acceptors (Lipinski definition) is 5. The van der Waals surface area contributed by atoms with Crippen molar-refractivity contribution in [2.45, 2.75) is 18.7 Å². The van der Waals surface area contributed by atoms with Gasteiger partial charge >= 0.3 is 0 Å². The van der Waals surface area contributed by atoms with Crippen molar-refractivity contribution in [2.24, 2.45) is 0 Å². The second-order valence-electron chi connectivity index (χ2n) is 7.89. The Labute approximate surface area is 214 Å². The van der Waals surface area contributed by atoms with Gasteiger partial charge in [0.25, 0.3) is 5.91 Å². The predicted octanol–water partition coefficient (Wildman–Crippen LogP) is 7.46. The molecule has 2 heterocycles. The van der Waals surface area contributed by atoms with Gasteiger partial charge in [0.05, 0.1) is 15.6 Å². The van der Waals surface area contributed by atoms with Gasteiger partial charge in [0.1, 0.15) is 4.32 Å². The van der Waals surface area contributed by atoms with Gasteiger partial charge in [-0.05, 0) is 60.0 Å². The summed E-state index contributed by atoms with van der Waals surface area (Å²) in [5.41, 5.74) is 3.44. The molecule has 0 saturated carbocycles. The summed E-state index contributed by atoms with van der Waals surface area (Å²) < 4.78 is 0.621. The van der Waals surface area contributed by atoms with E-state index >= 15 is 0 Å². The SMILES string of the molecule is CCN1C(=O)/C(=C/C=C(/C=C2\Sc3ccccc3N2CC)c2cccc3ccccc23)SC1=S. The van der Waals surface area contributed by atoms with Crippen molar-refractivity contribution in [3.8, 4) is 0 Å². The predicted molar refractivity (Wildman–Crippen MR) is 151 cm³/mol. The Morgan fingerprint density at radius 2 is 1.65 bits per heavy atom. The molecule has 0 spiro atoms. The van der Waals surface area contributed by atoms with Gasteiger partial charge in [0.2, 0.25) is 0 Å². The lowest BCUT2D eigenvalue weighted by molar-refractivity contribution is -0.122. The third-order valence-electron chi connectivity index (χ3n) is 5.94. The number of rotatable bonds is 5. The third kappa shape index (κ3) is 4.22. The highest BCUT2D eigenvalue weighted by Gasteiger charge is 2.30. The molecule has 0 atom stereocenters. The summed E-state index contributed by atoms with van der Waals surface area (Å²) in [6.07, 6.45) is 6.23. The second kappa shape index (κ2) is 9.82. The highest BCUT2D eigenvalue weighted by molar-refractivity contribution is 8.26. The minimum atomic E-state index is -0.0171. The van der Waals surface area contributed by atoms with Crippen LogP contribution in [-0.4, -0.2) is 28.2 Å². The number of para-hydroxylation sites is 1. The molecule has 2 aliphatic heterocycles. The quantitative estimate of drug-likeness (QED) is 0.267. The van der Waals surface area contributed by atoms with E-state index in [0.29, 0.717) is 15.8 Å². The van der Waals surface area contributed by atoms with Crippen molar-refractivity contribution >= 4 is 68.0 Å². The number of nitrogens with zero attached hydrogens (tertiary/aromatic N) is 2. The number of allylic oxidation sites excluding steroid dienone is 4. The fourth-order valence-corrected chi connectivity index (χ4v) is 6.77. The fourth-order valence-electron chi connectivity index (χ4n) is 4.26. The Morgan fingerprint density at radius 3 is 2.44 bits per heavy atom. The fraction of sp³-hybridized carbons (Fsp3) is 0.143. The second-order valence-corrected chi connectivity index (χ2v) is 10.6. The lowest BCUT2D eigenvalue weighted by Gasteiger charge is -2.19. The summed E-state index contributed by atoms with van der Waals surface area (Å²) in [5, 5.41) is 3.56. The van der Waals surface area contributed by atoms with Crippen LogP contribution in [0, 0.1) is 0 Å². The van der Waals surface area contributed by atoms with Crippen molar-refractivity contribution in [1.82, 2.24) is 4.90 Å². The molecule has 3 aromatic carbocycles. The van der Waals surface area contributed by atoms with Crippen LogP contribution >= 0.6 is 35.7 Å². The first kappa shape index (κ1) is 23.0. The number of amides is 1. The molecule has 170 valence electrons. The average molecular weight is 501 g/mol. The van der Waals surface area contributed by atoms with Crippen molar-refractivity contribution in [1.29, 1.82) is 0 Å². The van der Waals surface area contributed by atoms with Crippen LogP contribution < -0.4 is 4.90 Å². The van der Waals surface area contributed by atoms with E-state index in [9.17, 15) is 4.79 Å². The number of fused-ring (bicyclic) bond motifs is 2. The summed E-state index contributed by atoms with van der Waals surface area (Å²) in [7, 11) is 0. The van der Waals surface area contributed by atoms with Crippen LogP contribution in [0.5, 0.6) is 0 Å². The Morgan fingerprint density at radius 1 is 0.912 bits per heavy atom. The van der Waals surface area contributed by atoms with Gasteiger partial charge in [-0.25, -0.2) is 0 Å². The number of anilines is 1. The van der Waals surface area contributed by atoms with Gasteiger partial charge in [-0.2, -0.15) is 0 Å². The molecule has 0 bridgehead atoms. The maximum atomic E-state index is 12.8. The van der Waals surface area contributed by atoms with Crippen LogP contribution in [-0.2, 0) is 4.79 Å². The van der Waals surface area contributed by atoms with E-state index in [-0.39, 0.29) is 5.91 Å². The number of thioether (sulfide) groups is 2. The first-order valence-electron chi connectivity index (χ1n) is 11.3. The molecule has 2 aliphatic rings. The summed E-state index contributed by atoms with van der Waals surface area (Å²) in [5.74, 6) is -0.0171. The highest BCUT2D eigenvalue weighted by Crippen LogP contribution is 2.46. The summed E-state index contributed by atoms with van der Waals surface area (Å²) in [4.78, 5) is 18.7. The molecule has 0 radical (unpaired) electrons. The molecule has 0 aliphatic carbocycles. The number of carbonyl (C=O) groups is 1. The minimum absolute atomic E-state index is 0.0171. The molecule has 3 aromatic rings. The van der Waals surface area contributed by atoms with E-state index in [1.165, 1.54) is 38.1 Å². The van der Waals surface area contributed by atoms with Crippen LogP contribution in [0.3, 0.4) is 0 Å². The van der Waals surface area contributed by atoms with Gasteiger partial charge in [-0.3, -0.25) is 9.69 Å². The van der Waals surface area contributed by atoms with E-state index in [0.717, 1.165) is 17.7 Å². The normalized spacial score (nSPS) is 18.6. The lowest BCUT2D eigenvalue weighted by Crippen LogP contribution is -2.27. The molecule has 6 heteroatoms. The molecular formula is C28H24N2OS3. The van der Waals surface area contributed by atoms with Crippen molar-refractivity contribution in [2.75, 3.05) is 18.0 Å². The molecule has 5 rings (SSSR count). The molecule has 1 saturated heterocycles. The van der Waals surface area contributed by atoms with Gasteiger partial charge in [0, 0.05) is 18.0 Å². The highest BCUT2D eigenvalue weighted by atomic mass is 32.2. The average Bonchev–Trinajstić information content (AvgIpc) is 3.36. The maximum Gasteiger partial charge on any atom is 0.266 e. The van der Waals surface area contributed by atoms with Crippen LogP contribution in [0.25, 0.3) is 16.3 Å². The molecule has 1 fully saturated rings. The molecule has 34 heavy (non-hydrogen) atoms. The van der Waals surface area contributed by atoms with E-state index in [2.05, 4.69) is 90.7 Å². The Kier molecular flexibility index (Phi) is 6.63. The molecule has 0 N–H and O–H groups in total. The van der Waals surface area contributed by atoms with Crippen LogP contribution in [0.1, 0.15) is 19.4 Å². The first-order chi connectivity index (χ1) is 16.6. The van der Waals surface area contributed by atoms with Gasteiger partial charge < -0.3 is 4.90 Å². The standard InChI is InChI=1S/C28H24N2OS3/c1-3-29-23-14-7-8-15-24(23)33-26(29)18-20(16-17-25-27(31)30(4-2)28(32)34-25)22-13-9-11-19-10-5-6-12-21(19)22/h5-18H,3-4H2,1-2H3/b20-16-,25-17-,26-18-. The Hall–Kier alpha value is -2.80. The largest absolute Gasteiger partial charge is 0.335 e. The van der Waals surface area contributed by atoms with Crippen molar-refractivity contribution in [3.63, 3.8) is 0 Å². The van der Waals surface area contributed by atoms with Gasteiger partial charge in [-0.1, -0.05) is 96.4 Å². The number of hydrogen-bond donors (Lipinski definition) is 0. The minimum Gasteiger partial charge on any atom is -0.335 e. The third-order valence-corrected chi connectivity index (χ3v) is 8.45. The van der Waals surface area contributed by atoms with Gasteiger partial charge in [-0.15, -0.1) is 0 Å². The van der Waals surface area contributed by atoms with E-state index in [4.69, 9.17) is 12.2 Å². The van der Waals surface area contributed by atoms with Crippen LogP contribution in [0.15, 0.2) is 99.8 Å². The zero-order valence-electron chi connectivity index (χ0n) is 19.0. The summed E-state index contributed by atoms with van der Waals surface area (Å²) in [6.45, 7) is 5.60. The number of carbonyl (C=O) groups excluding carboxylic acids is 1. The maximum absolute atomic E-state index is 12.8. The monoisotopic (exact) mass is 500 g/mol. The molecule has 0 aromatic heterocycles. The zero-order valence-corrected chi connectivity index (χ0v) is 21.5. The van der Waals surface area contributed by atoms with Gasteiger partial charge in [0.15, 0.2) is 0 Å². The molecule has 3 nitrogen and oxygen atoms in total. The van der Waals surface area contributed by atoms with E-state index < -0.39 is 0 Å². The smallest absolute Gasteiger partial charge is 0.266 e. The number of benzene rings is 3. The van der Waals surface area contributed by atoms with Crippen LogP contribution in [0.4, 0.5) is 5.69 Å². The molecular weight excluding hydrogens is 477 g/mol. The number of likely N-dealkylation sites (N-methyl/N-ethyl adjacent to an activating group) is 1. The molecule has 0 unspecified atom stereocenters.